The summed E-state index contributed by atoms with van der Waals surface area (Å²) in [4.78, 5) is 23.8. The first-order chi connectivity index (χ1) is 18.3. The van der Waals surface area contributed by atoms with Gasteiger partial charge in [0, 0.05) is 13.8 Å². The van der Waals surface area contributed by atoms with Gasteiger partial charge in [0.05, 0.1) is 19.3 Å². The summed E-state index contributed by atoms with van der Waals surface area (Å²) in [5, 5.41) is 84.3. The molecule has 3 aliphatic heterocycles. The molecule has 226 valence electrons. The number of amides is 1. The second kappa shape index (κ2) is 13.4. The van der Waals surface area contributed by atoms with Crippen molar-refractivity contribution in [2.75, 3.05) is 13.2 Å². The number of rotatable bonds is 8. The molecule has 0 radical (unpaired) electrons. The number of esters is 1. The molecule has 3 fully saturated rings. The highest BCUT2D eigenvalue weighted by atomic mass is 16.7. The van der Waals surface area contributed by atoms with Gasteiger partial charge < -0.3 is 74.6 Å². The Morgan fingerprint density at radius 1 is 0.718 bits per heavy atom. The highest BCUT2D eigenvalue weighted by Gasteiger charge is 2.54. The van der Waals surface area contributed by atoms with Crippen molar-refractivity contribution in [2.24, 2.45) is 0 Å². The first-order valence-electron chi connectivity index (χ1n) is 12.3. The molecular formula is C22H37NO16. The van der Waals surface area contributed by atoms with Crippen molar-refractivity contribution in [1.82, 2.24) is 5.32 Å². The van der Waals surface area contributed by atoms with Crippen LogP contribution < -0.4 is 5.32 Å². The van der Waals surface area contributed by atoms with Crippen molar-refractivity contribution < 1.29 is 78.9 Å². The minimum Gasteiger partial charge on any atom is -0.457 e. The van der Waals surface area contributed by atoms with E-state index in [4.69, 9.17) is 28.4 Å². The molecule has 0 aromatic rings. The van der Waals surface area contributed by atoms with Crippen LogP contribution in [0.2, 0.25) is 0 Å². The van der Waals surface area contributed by atoms with Gasteiger partial charge in [0.25, 0.3) is 0 Å². The summed E-state index contributed by atoms with van der Waals surface area (Å²) in [5.41, 5.74) is 0. The average Bonchev–Trinajstić information content (AvgIpc) is 2.87. The first kappa shape index (κ1) is 31.9. The molecule has 3 saturated heterocycles. The number of ether oxygens (including phenoxy) is 6. The van der Waals surface area contributed by atoms with E-state index in [-0.39, 0.29) is 0 Å². The van der Waals surface area contributed by atoms with Crippen molar-refractivity contribution in [3.8, 4) is 0 Å². The molecule has 0 aliphatic carbocycles. The van der Waals surface area contributed by atoms with E-state index in [0.717, 1.165) is 13.8 Å². The molecule has 17 nitrogen and oxygen atoms in total. The molecule has 39 heavy (non-hydrogen) atoms. The van der Waals surface area contributed by atoms with E-state index in [9.17, 15) is 50.4 Å². The maximum Gasteiger partial charge on any atom is 0.303 e. The lowest BCUT2D eigenvalue weighted by Gasteiger charge is -2.49. The van der Waals surface area contributed by atoms with Crippen molar-refractivity contribution in [3.05, 3.63) is 0 Å². The van der Waals surface area contributed by atoms with Gasteiger partial charge in [-0.3, -0.25) is 9.59 Å². The third-order valence-electron chi connectivity index (χ3n) is 6.73. The maximum atomic E-state index is 12.1. The van der Waals surface area contributed by atoms with Crippen LogP contribution in [0.15, 0.2) is 0 Å². The monoisotopic (exact) mass is 571 g/mol. The highest BCUT2D eigenvalue weighted by Crippen LogP contribution is 2.33. The van der Waals surface area contributed by atoms with Gasteiger partial charge in [-0.1, -0.05) is 0 Å². The van der Waals surface area contributed by atoms with Crippen molar-refractivity contribution in [3.63, 3.8) is 0 Å². The highest BCUT2D eigenvalue weighted by molar-refractivity contribution is 5.73. The van der Waals surface area contributed by atoms with E-state index in [1.54, 1.807) is 0 Å². The summed E-state index contributed by atoms with van der Waals surface area (Å²) in [6.07, 6.45) is -22.2. The maximum absolute atomic E-state index is 12.1. The zero-order valence-corrected chi connectivity index (χ0v) is 21.4. The molecule has 1 amide bonds. The lowest BCUT2D eigenvalue weighted by molar-refractivity contribution is -0.366. The molecule has 9 N–H and O–H groups in total. The molecular weight excluding hydrogens is 534 g/mol. The third-order valence-corrected chi connectivity index (χ3v) is 6.73. The SMILES string of the molecule is CC(=O)N[C@H]1[C@H](O[C@@H]2[C@H](OC(C)=O)[C@@H](O)[C@H](C)O[C@H]2O)O[C@H](CO)[C@H](O)[C@@H]1O[C@@H]1O[C@H](CO)[C@H](O)[C@H](O)[C@H]1O. The molecule has 3 heterocycles. The van der Waals surface area contributed by atoms with Gasteiger partial charge in [-0.2, -0.15) is 0 Å². The standard InChI is InChI=1S/C22H37NO16/c1-6-12(28)18(35-8(3)27)19(20(33)34-6)39-21-11(23-7(2)26)17(14(30)10(5-25)36-21)38-22-16(32)15(31)13(29)9(4-24)37-22/h6,9-22,24-25,28-33H,4-5H2,1-3H3,(H,23,26)/t6-,9+,10+,11+,12-,13-,14-,15-,16+,17+,18+,19+,20+,21-,22-/m0/s1. The summed E-state index contributed by atoms with van der Waals surface area (Å²) in [6.45, 7) is 2.02. The fourth-order valence-electron chi connectivity index (χ4n) is 4.70. The van der Waals surface area contributed by atoms with Gasteiger partial charge >= 0.3 is 5.97 Å². The number of hydrogen-bond donors (Lipinski definition) is 9. The summed E-state index contributed by atoms with van der Waals surface area (Å²) in [7, 11) is 0. The van der Waals surface area contributed by atoms with E-state index in [2.05, 4.69) is 5.32 Å². The van der Waals surface area contributed by atoms with Gasteiger partial charge in [-0.05, 0) is 6.92 Å². The fraction of sp³-hybridized carbons (Fsp3) is 0.909. The zero-order valence-electron chi connectivity index (χ0n) is 21.4. The normalized spacial score (nSPS) is 46.9. The molecule has 0 spiro atoms. The van der Waals surface area contributed by atoms with E-state index in [1.165, 1.54) is 6.92 Å². The van der Waals surface area contributed by atoms with E-state index >= 15 is 0 Å². The van der Waals surface area contributed by atoms with Gasteiger partial charge in [0.1, 0.15) is 54.9 Å². The zero-order chi connectivity index (χ0) is 29.2. The van der Waals surface area contributed by atoms with Crippen LogP contribution in [-0.4, -0.2) is 158 Å². The molecule has 15 atom stereocenters. The Bertz CT molecular complexity index is 832. The topological polar surface area (TPSA) is 263 Å². The molecule has 17 heteroatoms. The molecule has 0 aromatic heterocycles. The van der Waals surface area contributed by atoms with Gasteiger partial charge in [-0.25, -0.2) is 0 Å². The van der Waals surface area contributed by atoms with E-state index < -0.39 is 117 Å². The van der Waals surface area contributed by atoms with Gasteiger partial charge in [0.2, 0.25) is 5.91 Å². The Balaban J connectivity index is 1.92. The second-order valence-corrected chi connectivity index (χ2v) is 9.64. The summed E-state index contributed by atoms with van der Waals surface area (Å²) in [6, 6.07) is -1.46. The quantitative estimate of drug-likeness (QED) is 0.123. The third kappa shape index (κ3) is 7.02. The molecule has 0 bridgehead atoms. The number of aliphatic hydroxyl groups excluding tert-OH is 8. The number of carbonyl (C=O) groups is 2. The van der Waals surface area contributed by atoms with Gasteiger partial charge in [-0.15, -0.1) is 0 Å². The molecule has 0 unspecified atom stereocenters. The number of nitrogens with one attached hydrogen (secondary N) is 1. The Kier molecular flexibility index (Phi) is 11.0. The Morgan fingerprint density at radius 2 is 1.28 bits per heavy atom. The Labute approximate surface area is 222 Å². The Hall–Kier alpha value is -1.58. The first-order valence-corrected chi connectivity index (χ1v) is 12.3. The second-order valence-electron chi connectivity index (χ2n) is 9.64. The number of carbonyl (C=O) groups excluding carboxylic acids is 2. The summed E-state index contributed by atoms with van der Waals surface area (Å²) in [5.74, 6) is -1.50. The van der Waals surface area contributed by atoms with Crippen LogP contribution in [-0.2, 0) is 38.0 Å². The van der Waals surface area contributed by atoms with Crippen LogP contribution in [0, 0.1) is 0 Å². The lowest BCUT2D eigenvalue weighted by Crippen LogP contribution is -2.69. The van der Waals surface area contributed by atoms with Crippen LogP contribution in [0.1, 0.15) is 20.8 Å². The van der Waals surface area contributed by atoms with Crippen LogP contribution in [0.25, 0.3) is 0 Å². The predicted octanol–water partition coefficient (Wildman–Crippen LogP) is -5.83. The minimum absolute atomic E-state index is 0.681. The van der Waals surface area contributed by atoms with Crippen molar-refractivity contribution >= 4 is 11.9 Å². The van der Waals surface area contributed by atoms with Crippen LogP contribution in [0.5, 0.6) is 0 Å². The largest absolute Gasteiger partial charge is 0.457 e. The van der Waals surface area contributed by atoms with Crippen molar-refractivity contribution in [1.29, 1.82) is 0 Å². The Morgan fingerprint density at radius 3 is 1.85 bits per heavy atom. The van der Waals surface area contributed by atoms with Gasteiger partial charge in [0.15, 0.2) is 31.1 Å². The molecule has 0 aromatic carbocycles. The summed E-state index contributed by atoms with van der Waals surface area (Å²) < 4.78 is 32.9. The smallest absolute Gasteiger partial charge is 0.303 e. The summed E-state index contributed by atoms with van der Waals surface area (Å²) >= 11 is 0. The lowest BCUT2D eigenvalue weighted by atomic mass is 9.94. The van der Waals surface area contributed by atoms with Crippen LogP contribution >= 0.6 is 0 Å². The number of aliphatic hydroxyl groups is 8. The van der Waals surface area contributed by atoms with E-state index in [0.29, 0.717) is 0 Å². The molecule has 0 saturated carbocycles. The minimum atomic E-state index is -1.87. The van der Waals surface area contributed by atoms with Crippen LogP contribution in [0.3, 0.4) is 0 Å². The molecule has 3 rings (SSSR count). The number of hydrogen-bond acceptors (Lipinski definition) is 16. The predicted molar refractivity (Wildman–Crippen MR) is 121 cm³/mol. The van der Waals surface area contributed by atoms with Crippen LogP contribution in [0.4, 0.5) is 0 Å². The molecule has 3 aliphatic rings. The van der Waals surface area contributed by atoms with E-state index in [1.807, 2.05) is 0 Å². The average molecular weight is 572 g/mol. The van der Waals surface area contributed by atoms with Crippen molar-refractivity contribution in [2.45, 2.75) is 113 Å². The fourth-order valence-corrected chi connectivity index (χ4v) is 4.70.